The molecular formula is C35H22N8S. The van der Waals surface area contributed by atoms with Crippen LogP contribution in [0.1, 0.15) is 0 Å². The number of rotatable bonds is 3. The number of H-pyrrole nitrogens is 2. The molecule has 8 nitrogen and oxygen atoms in total. The third kappa shape index (κ3) is 3.79. The van der Waals surface area contributed by atoms with Gasteiger partial charge in [0, 0.05) is 54.4 Å². The Balaban J connectivity index is 1.49. The van der Waals surface area contributed by atoms with Crippen molar-refractivity contribution < 1.29 is 0 Å². The van der Waals surface area contributed by atoms with Gasteiger partial charge in [-0.2, -0.15) is 0 Å². The molecule has 0 unspecified atom stereocenters. The number of nitrogens with zero attached hydrogens (tertiary/aromatic N) is 6. The quantitative estimate of drug-likeness (QED) is 0.159. The van der Waals surface area contributed by atoms with Crippen molar-refractivity contribution in [2.75, 3.05) is 5.75 Å². The van der Waals surface area contributed by atoms with E-state index >= 15 is 0 Å². The lowest BCUT2D eigenvalue weighted by Crippen LogP contribution is -1.83. The molecule has 0 aliphatic carbocycles. The van der Waals surface area contributed by atoms with Gasteiger partial charge >= 0.3 is 0 Å². The highest BCUT2D eigenvalue weighted by Gasteiger charge is 2.22. The minimum atomic E-state index is 0.588. The van der Waals surface area contributed by atoms with Gasteiger partial charge in [-0.25, -0.2) is 29.9 Å². The fourth-order valence-electron chi connectivity index (χ4n) is 5.93. The first-order chi connectivity index (χ1) is 21.7. The second kappa shape index (κ2) is 9.68. The lowest BCUT2D eigenvalue weighted by molar-refractivity contribution is 1.19. The molecule has 8 bridgehead atoms. The topological polar surface area (TPSA) is 109 Å². The second-order valence-electron chi connectivity index (χ2n) is 10.5. The van der Waals surface area contributed by atoms with E-state index in [1.54, 1.807) is 11.8 Å². The molecule has 0 spiro atoms. The molecule has 9 heteroatoms. The number of nitrogens with one attached hydrogen (secondary N) is 2. The fourth-order valence-corrected chi connectivity index (χ4v) is 6.75. The molecule has 9 rings (SSSR count). The molecule has 4 aromatic carbocycles. The van der Waals surface area contributed by atoms with Crippen LogP contribution in [0.5, 0.6) is 0 Å². The Kier molecular flexibility index (Phi) is 5.48. The Labute approximate surface area is 255 Å². The first kappa shape index (κ1) is 24.9. The van der Waals surface area contributed by atoms with E-state index in [1.807, 2.05) is 84.9 Å². The van der Waals surface area contributed by atoms with E-state index in [2.05, 4.69) is 28.7 Å². The van der Waals surface area contributed by atoms with Crippen LogP contribution in [0.15, 0.2) is 109 Å². The van der Waals surface area contributed by atoms with Crippen LogP contribution in [-0.4, -0.2) is 45.6 Å². The molecule has 2 N–H and O–H groups in total. The van der Waals surface area contributed by atoms with Gasteiger partial charge in [0.2, 0.25) is 0 Å². The number of benzene rings is 4. The average Bonchev–Trinajstić information content (AvgIpc) is 3.79. The third-order valence-electron chi connectivity index (χ3n) is 7.90. The van der Waals surface area contributed by atoms with Crippen molar-refractivity contribution in [3.05, 3.63) is 104 Å². The summed E-state index contributed by atoms with van der Waals surface area (Å²) in [5.41, 5.74) is 6.39. The van der Waals surface area contributed by atoms with Crippen LogP contribution in [0.25, 0.3) is 89.7 Å². The minimum Gasteiger partial charge on any atom is -0.324 e. The van der Waals surface area contributed by atoms with E-state index in [4.69, 9.17) is 29.9 Å². The van der Waals surface area contributed by atoms with E-state index in [9.17, 15) is 0 Å². The molecule has 2 aliphatic heterocycles. The number of aromatic nitrogens is 8. The molecule has 44 heavy (non-hydrogen) atoms. The lowest BCUT2D eigenvalue weighted by atomic mass is 10.1. The third-order valence-corrected chi connectivity index (χ3v) is 8.95. The number of hydrogen-bond acceptors (Lipinski definition) is 7. The number of hydrogen-bond donors (Lipinski definition) is 2. The minimum absolute atomic E-state index is 0.588. The molecule has 208 valence electrons. The highest BCUT2D eigenvalue weighted by molar-refractivity contribution is 7.99. The summed E-state index contributed by atoms with van der Waals surface area (Å²) in [6.07, 6.45) is 1.90. The first-order valence-electron chi connectivity index (χ1n) is 14.2. The van der Waals surface area contributed by atoms with Crippen molar-refractivity contribution >= 4 is 55.9 Å². The summed E-state index contributed by atoms with van der Waals surface area (Å²) in [6, 6.07) is 30.4. The molecule has 2 aliphatic rings. The molecule has 0 saturated heterocycles. The maximum atomic E-state index is 5.14. The van der Waals surface area contributed by atoms with E-state index < -0.39 is 0 Å². The monoisotopic (exact) mass is 586 g/mol. The largest absolute Gasteiger partial charge is 0.324 e. The number of aromatic amines is 2. The summed E-state index contributed by atoms with van der Waals surface area (Å²) in [4.78, 5) is 38.4. The van der Waals surface area contributed by atoms with Crippen molar-refractivity contribution in [1.29, 1.82) is 0 Å². The summed E-state index contributed by atoms with van der Waals surface area (Å²) in [6.45, 7) is 3.92. The normalized spacial score (nSPS) is 11.9. The van der Waals surface area contributed by atoms with Gasteiger partial charge in [0.05, 0.1) is 0 Å². The SMILES string of the molecule is C=CCSc1cccc2c3nc4nc(nc5[nH]c(nc6nc(nc([nH]3)c12)-c1ccccc1-6)c1ccccc51)-c1ccccc1-4. The summed E-state index contributed by atoms with van der Waals surface area (Å²) in [5, 5.41) is 3.83. The molecule has 7 aromatic rings. The second-order valence-corrected chi connectivity index (χ2v) is 11.6. The highest BCUT2D eigenvalue weighted by atomic mass is 32.2. The maximum absolute atomic E-state index is 5.14. The van der Waals surface area contributed by atoms with E-state index in [-0.39, 0.29) is 0 Å². The van der Waals surface area contributed by atoms with Gasteiger partial charge < -0.3 is 9.97 Å². The highest BCUT2D eigenvalue weighted by Crippen LogP contribution is 2.38. The van der Waals surface area contributed by atoms with Crippen molar-refractivity contribution in [1.82, 2.24) is 39.9 Å². The molecule has 5 heterocycles. The van der Waals surface area contributed by atoms with Gasteiger partial charge in [0.1, 0.15) is 22.6 Å². The average molecular weight is 587 g/mol. The zero-order chi connectivity index (χ0) is 29.2. The van der Waals surface area contributed by atoms with E-state index in [0.29, 0.717) is 45.9 Å². The van der Waals surface area contributed by atoms with Crippen LogP contribution in [0.3, 0.4) is 0 Å². The van der Waals surface area contributed by atoms with E-state index in [0.717, 1.165) is 54.4 Å². The van der Waals surface area contributed by atoms with Crippen LogP contribution in [0, 0.1) is 0 Å². The Bertz CT molecular complexity index is 2490. The van der Waals surface area contributed by atoms with Crippen LogP contribution < -0.4 is 0 Å². The van der Waals surface area contributed by atoms with Gasteiger partial charge in [-0.05, 0) is 6.07 Å². The van der Waals surface area contributed by atoms with Crippen molar-refractivity contribution in [3.8, 4) is 45.6 Å². The van der Waals surface area contributed by atoms with Gasteiger partial charge in [0.25, 0.3) is 0 Å². The summed E-state index contributed by atoms with van der Waals surface area (Å²) < 4.78 is 0. The van der Waals surface area contributed by atoms with Crippen molar-refractivity contribution in [3.63, 3.8) is 0 Å². The summed E-state index contributed by atoms with van der Waals surface area (Å²) in [7, 11) is 0. The Morgan fingerprint density at radius 2 is 0.932 bits per heavy atom. The molecule has 0 amide bonds. The predicted octanol–water partition coefficient (Wildman–Crippen LogP) is 8.15. The summed E-state index contributed by atoms with van der Waals surface area (Å²) in [5.74, 6) is 3.12. The van der Waals surface area contributed by atoms with Crippen LogP contribution in [0.4, 0.5) is 0 Å². The summed E-state index contributed by atoms with van der Waals surface area (Å²) >= 11 is 1.71. The molecular weight excluding hydrogens is 565 g/mol. The number of fused-ring (bicyclic) bond motifs is 20. The van der Waals surface area contributed by atoms with Crippen LogP contribution in [0.2, 0.25) is 0 Å². The molecule has 0 fully saturated rings. The van der Waals surface area contributed by atoms with Crippen molar-refractivity contribution in [2.45, 2.75) is 4.90 Å². The van der Waals surface area contributed by atoms with Gasteiger partial charge in [-0.15, -0.1) is 18.3 Å². The lowest BCUT2D eigenvalue weighted by Gasteiger charge is -2.01. The zero-order valence-corrected chi connectivity index (χ0v) is 24.1. The Morgan fingerprint density at radius 1 is 0.500 bits per heavy atom. The van der Waals surface area contributed by atoms with Gasteiger partial charge in [-0.1, -0.05) is 91.0 Å². The molecule has 3 aromatic heterocycles. The molecule has 0 radical (unpaired) electrons. The standard InChI is InChI=1S/C35H22N8S/c1-2-18-44-26-17-9-16-25-27(26)35-42-33-24-15-8-7-14-23(24)31(40-33)38-29-20-11-4-3-10-19(20)28(36-29)37-30-21-12-5-6-13-22(21)32(39-30)41-34(25)43-35/h2-17H,1,18H2,(H2,36,37,38,39,40,41,42,43). The smallest absolute Gasteiger partial charge is 0.164 e. The van der Waals surface area contributed by atoms with Crippen LogP contribution in [-0.2, 0) is 0 Å². The van der Waals surface area contributed by atoms with E-state index in [1.165, 1.54) is 0 Å². The van der Waals surface area contributed by atoms with Gasteiger partial charge in [0.15, 0.2) is 23.3 Å². The predicted molar refractivity (Wildman–Crippen MR) is 177 cm³/mol. The maximum Gasteiger partial charge on any atom is 0.164 e. The zero-order valence-electron chi connectivity index (χ0n) is 23.2. The molecule has 0 atom stereocenters. The Morgan fingerprint density at radius 3 is 1.45 bits per heavy atom. The van der Waals surface area contributed by atoms with Gasteiger partial charge in [-0.3, -0.25) is 0 Å². The van der Waals surface area contributed by atoms with Crippen molar-refractivity contribution in [2.24, 2.45) is 0 Å². The first-order valence-corrected chi connectivity index (χ1v) is 15.2. The Hall–Kier alpha value is -5.67. The fraction of sp³-hybridized carbons (Fsp3) is 0.0286. The molecule has 0 saturated carbocycles. The van der Waals surface area contributed by atoms with Crippen LogP contribution >= 0.6 is 11.8 Å². The number of thioether (sulfide) groups is 1.